The number of esters is 1. The molecule has 1 N–H and O–H groups in total. The molecule has 0 unspecified atom stereocenters. The number of carbonyl (C=O) groups is 2. The molecule has 0 bridgehead atoms. The van der Waals surface area contributed by atoms with Crippen LogP contribution in [0.4, 0.5) is 0 Å². The number of para-hydroxylation sites is 1. The van der Waals surface area contributed by atoms with Crippen LogP contribution in [0.15, 0.2) is 36.4 Å². The molecule has 0 atom stereocenters. The van der Waals surface area contributed by atoms with Gasteiger partial charge in [0.15, 0.2) is 6.61 Å². The molecular weight excluding hydrogens is 338 g/mol. The van der Waals surface area contributed by atoms with Crippen LogP contribution in [-0.4, -0.2) is 35.0 Å². The Bertz CT molecular complexity index is 701. The Hall–Kier alpha value is -2.05. The van der Waals surface area contributed by atoms with Crippen molar-refractivity contribution in [3.63, 3.8) is 0 Å². The van der Waals surface area contributed by atoms with Gasteiger partial charge in [0.1, 0.15) is 11.3 Å². The van der Waals surface area contributed by atoms with Crippen LogP contribution in [0, 0.1) is 0 Å². The average molecular weight is 354 g/mol. The summed E-state index contributed by atoms with van der Waals surface area (Å²) in [5.41, 5.74) is 0.0355. The van der Waals surface area contributed by atoms with Crippen molar-refractivity contribution in [3.05, 3.63) is 51.2 Å². The molecule has 0 spiro atoms. The highest BCUT2D eigenvalue weighted by Crippen LogP contribution is 2.22. The largest absolute Gasteiger partial charge is 0.507 e. The summed E-state index contributed by atoms with van der Waals surface area (Å²) in [6, 6.07) is 9.67. The Labute approximate surface area is 143 Å². The maximum atomic E-state index is 12.2. The summed E-state index contributed by atoms with van der Waals surface area (Å²) < 4.78 is 5.65. The van der Waals surface area contributed by atoms with Gasteiger partial charge in [-0.05, 0) is 31.2 Å². The normalized spacial score (nSPS) is 10.3. The Morgan fingerprint density at radius 2 is 2.00 bits per heavy atom. The number of carbonyl (C=O) groups excluding carboxylic acids is 2. The number of thiophene rings is 1. The minimum atomic E-state index is -0.730. The molecule has 23 heavy (non-hydrogen) atoms. The third-order valence-electron chi connectivity index (χ3n) is 3.16. The zero-order chi connectivity index (χ0) is 16.8. The molecule has 1 aromatic heterocycles. The van der Waals surface area contributed by atoms with Gasteiger partial charge in [0, 0.05) is 11.4 Å². The molecule has 1 amide bonds. The lowest BCUT2D eigenvalue weighted by Gasteiger charge is -2.20. The number of aromatic hydroxyl groups is 1. The van der Waals surface area contributed by atoms with E-state index in [1.165, 1.54) is 23.5 Å². The lowest BCUT2D eigenvalue weighted by Crippen LogP contribution is -2.33. The Kier molecular flexibility index (Phi) is 6.01. The first-order valence-corrected chi connectivity index (χ1v) is 8.17. The monoisotopic (exact) mass is 353 g/mol. The molecule has 0 saturated heterocycles. The van der Waals surface area contributed by atoms with Crippen molar-refractivity contribution in [1.82, 2.24) is 4.90 Å². The summed E-state index contributed by atoms with van der Waals surface area (Å²) in [4.78, 5) is 26.6. The number of hydrogen-bond donors (Lipinski definition) is 1. The third-order valence-corrected chi connectivity index (χ3v) is 4.38. The molecule has 0 aliphatic carbocycles. The van der Waals surface area contributed by atoms with E-state index in [1.807, 2.05) is 13.0 Å². The topological polar surface area (TPSA) is 66.8 Å². The maximum Gasteiger partial charge on any atom is 0.342 e. The molecule has 0 aliphatic rings. The fraction of sp³-hybridized carbons (Fsp3) is 0.250. The molecule has 2 rings (SSSR count). The Balaban J connectivity index is 1.92. The highest BCUT2D eigenvalue weighted by molar-refractivity contribution is 7.16. The maximum absolute atomic E-state index is 12.2. The van der Waals surface area contributed by atoms with E-state index < -0.39 is 5.97 Å². The van der Waals surface area contributed by atoms with E-state index in [4.69, 9.17) is 16.3 Å². The summed E-state index contributed by atoms with van der Waals surface area (Å²) in [5, 5.41) is 9.59. The smallest absolute Gasteiger partial charge is 0.342 e. The van der Waals surface area contributed by atoms with Gasteiger partial charge in [0.25, 0.3) is 5.91 Å². The van der Waals surface area contributed by atoms with Crippen LogP contribution in [0.5, 0.6) is 5.75 Å². The van der Waals surface area contributed by atoms with Gasteiger partial charge in [0.2, 0.25) is 0 Å². The summed E-state index contributed by atoms with van der Waals surface area (Å²) in [7, 11) is 0. The number of phenolic OH excluding ortho intramolecular Hbond substituents is 1. The van der Waals surface area contributed by atoms with Gasteiger partial charge in [-0.25, -0.2) is 4.79 Å². The second-order valence-electron chi connectivity index (χ2n) is 4.71. The van der Waals surface area contributed by atoms with E-state index in [9.17, 15) is 14.7 Å². The quantitative estimate of drug-likeness (QED) is 0.809. The number of amides is 1. The average Bonchev–Trinajstić information content (AvgIpc) is 2.95. The van der Waals surface area contributed by atoms with Crippen molar-refractivity contribution in [2.24, 2.45) is 0 Å². The van der Waals surface area contributed by atoms with Crippen LogP contribution < -0.4 is 0 Å². The minimum Gasteiger partial charge on any atom is -0.507 e. The Morgan fingerprint density at radius 1 is 1.26 bits per heavy atom. The number of halogens is 1. The number of likely N-dealkylation sites (N-methyl/N-ethyl adjacent to an activating group) is 1. The summed E-state index contributed by atoms with van der Waals surface area (Å²) >= 11 is 7.28. The number of rotatable bonds is 6. The number of nitrogens with zero attached hydrogens (tertiary/aromatic N) is 1. The molecule has 1 aromatic carbocycles. The highest BCUT2D eigenvalue weighted by Gasteiger charge is 2.17. The molecule has 122 valence electrons. The fourth-order valence-corrected chi connectivity index (χ4v) is 3.05. The molecule has 0 saturated carbocycles. The van der Waals surface area contributed by atoms with Crippen molar-refractivity contribution in [3.8, 4) is 5.75 Å². The number of ether oxygens (including phenoxy) is 1. The van der Waals surface area contributed by atoms with Crippen LogP contribution in [0.3, 0.4) is 0 Å². The number of phenols is 1. The van der Waals surface area contributed by atoms with Crippen LogP contribution in [-0.2, 0) is 16.1 Å². The van der Waals surface area contributed by atoms with Gasteiger partial charge in [-0.2, -0.15) is 0 Å². The van der Waals surface area contributed by atoms with Crippen LogP contribution >= 0.6 is 22.9 Å². The van der Waals surface area contributed by atoms with Crippen LogP contribution in [0.2, 0.25) is 4.34 Å². The van der Waals surface area contributed by atoms with Crippen molar-refractivity contribution in [2.75, 3.05) is 13.2 Å². The van der Waals surface area contributed by atoms with Crippen molar-refractivity contribution in [2.45, 2.75) is 13.5 Å². The van der Waals surface area contributed by atoms with Crippen LogP contribution in [0.1, 0.15) is 22.2 Å². The molecule has 5 nitrogen and oxygen atoms in total. The van der Waals surface area contributed by atoms with Crippen molar-refractivity contribution in [1.29, 1.82) is 0 Å². The molecule has 0 fully saturated rings. The SMILES string of the molecule is CCN(Cc1ccc(Cl)s1)C(=O)COC(=O)c1ccccc1O. The predicted octanol–water partition coefficient (Wildman–Crippen LogP) is 3.31. The lowest BCUT2D eigenvalue weighted by molar-refractivity contribution is -0.134. The van der Waals surface area contributed by atoms with E-state index in [0.29, 0.717) is 17.4 Å². The number of benzene rings is 1. The first-order valence-electron chi connectivity index (χ1n) is 6.98. The predicted molar refractivity (Wildman–Crippen MR) is 88.8 cm³/mol. The zero-order valence-electron chi connectivity index (χ0n) is 12.5. The van der Waals surface area contributed by atoms with E-state index in [-0.39, 0.29) is 23.8 Å². The lowest BCUT2D eigenvalue weighted by atomic mass is 10.2. The molecule has 7 heteroatoms. The molecule has 0 aliphatic heterocycles. The molecule has 2 aromatic rings. The van der Waals surface area contributed by atoms with Crippen LogP contribution in [0.25, 0.3) is 0 Å². The minimum absolute atomic E-state index is 0.0355. The van der Waals surface area contributed by atoms with Crippen molar-refractivity contribution >= 4 is 34.8 Å². The number of hydrogen-bond acceptors (Lipinski definition) is 5. The summed E-state index contributed by atoms with van der Waals surface area (Å²) in [6.07, 6.45) is 0. The summed E-state index contributed by atoms with van der Waals surface area (Å²) in [6.45, 7) is 2.38. The van der Waals surface area contributed by atoms with E-state index in [1.54, 1.807) is 23.1 Å². The molecule has 0 radical (unpaired) electrons. The standard InChI is InChI=1S/C16H16ClNO4S/c1-2-18(9-11-7-8-14(17)23-11)15(20)10-22-16(21)12-5-3-4-6-13(12)19/h3-8,19H,2,9-10H2,1H3. The van der Waals surface area contributed by atoms with Gasteiger partial charge >= 0.3 is 5.97 Å². The van der Waals surface area contributed by atoms with Gasteiger partial charge in [0.05, 0.1) is 10.9 Å². The van der Waals surface area contributed by atoms with Gasteiger partial charge < -0.3 is 14.7 Å². The molecule has 1 heterocycles. The summed E-state index contributed by atoms with van der Waals surface area (Å²) in [5.74, 6) is -1.21. The Morgan fingerprint density at radius 3 is 2.61 bits per heavy atom. The zero-order valence-corrected chi connectivity index (χ0v) is 14.1. The van der Waals surface area contributed by atoms with Gasteiger partial charge in [-0.15, -0.1) is 11.3 Å². The fourth-order valence-electron chi connectivity index (χ4n) is 1.94. The van der Waals surface area contributed by atoms with E-state index in [0.717, 1.165) is 4.88 Å². The first-order chi connectivity index (χ1) is 11.0. The third kappa shape index (κ3) is 4.71. The van der Waals surface area contributed by atoms with E-state index in [2.05, 4.69) is 0 Å². The second-order valence-corrected chi connectivity index (χ2v) is 6.51. The van der Waals surface area contributed by atoms with Crippen molar-refractivity contribution < 1.29 is 19.4 Å². The highest BCUT2D eigenvalue weighted by atomic mass is 35.5. The second kappa shape index (κ2) is 7.99. The van der Waals surface area contributed by atoms with Gasteiger partial charge in [-0.3, -0.25) is 4.79 Å². The van der Waals surface area contributed by atoms with Gasteiger partial charge in [-0.1, -0.05) is 23.7 Å². The molecular formula is C16H16ClNO4S. The first kappa shape index (κ1) is 17.3. The van der Waals surface area contributed by atoms with E-state index >= 15 is 0 Å².